The Kier molecular flexibility index (Phi) is 8.70. The highest BCUT2D eigenvalue weighted by molar-refractivity contribution is 8.13. The molecule has 0 aromatic carbocycles. The van der Waals surface area contributed by atoms with E-state index in [0.717, 1.165) is 87.5 Å². The van der Waals surface area contributed by atoms with Crippen molar-refractivity contribution in [2.75, 3.05) is 90.0 Å². The quantitative estimate of drug-likeness (QED) is 0.223. The second-order valence-electron chi connectivity index (χ2n) is 9.16. The van der Waals surface area contributed by atoms with Crippen LogP contribution in [0.5, 0.6) is 0 Å². The number of nitrogens with two attached hydrogens (primary N) is 2. The first-order valence-electron chi connectivity index (χ1n) is 11.4. The summed E-state index contributed by atoms with van der Waals surface area (Å²) in [6.45, 7) is 12.1. The van der Waals surface area contributed by atoms with Crippen molar-refractivity contribution in [1.82, 2.24) is 9.80 Å². The number of rotatable bonds is 6. The standard InChI is InChI=1S/C20H38N8O2S2/c21-19(22)31-15-1-17(29)25-3-7-27(8-4-25)11-13-28(14-12-27)9-5-26(6-10-28)18(30)2-16-32-20(23)24/h1-16H2,(H3,21,22)(H3,23,24)/q+2. The van der Waals surface area contributed by atoms with Crippen LogP contribution in [0.2, 0.25) is 0 Å². The summed E-state index contributed by atoms with van der Waals surface area (Å²) in [5, 5.41) is 14.6. The van der Waals surface area contributed by atoms with Gasteiger partial charge < -0.3 is 30.2 Å². The average molecular weight is 487 g/mol. The highest BCUT2D eigenvalue weighted by Gasteiger charge is 2.45. The maximum atomic E-state index is 12.4. The first-order valence-corrected chi connectivity index (χ1v) is 13.4. The zero-order chi connectivity index (χ0) is 23.2. The number of amides is 2. The molecule has 0 bridgehead atoms. The molecular formula is C20H38N8O2S2+2. The summed E-state index contributed by atoms with van der Waals surface area (Å²) in [6.07, 6.45) is 0.903. The molecule has 3 rings (SSSR count). The van der Waals surface area contributed by atoms with Gasteiger partial charge in [0.15, 0.2) is 10.3 Å². The normalized spacial score (nSPS) is 22.1. The zero-order valence-corrected chi connectivity index (χ0v) is 20.5. The van der Waals surface area contributed by atoms with Crippen LogP contribution in [0.15, 0.2) is 0 Å². The fourth-order valence-corrected chi connectivity index (χ4v) is 6.05. The van der Waals surface area contributed by atoms with Gasteiger partial charge in [0.05, 0.1) is 52.4 Å². The van der Waals surface area contributed by atoms with Crippen LogP contribution >= 0.6 is 23.5 Å². The van der Waals surface area contributed by atoms with E-state index in [-0.39, 0.29) is 22.1 Å². The van der Waals surface area contributed by atoms with E-state index in [1.165, 1.54) is 23.5 Å². The Hall–Kier alpha value is -1.50. The van der Waals surface area contributed by atoms with Gasteiger partial charge in [-0.2, -0.15) is 0 Å². The molecule has 2 spiro atoms. The van der Waals surface area contributed by atoms with E-state index < -0.39 is 0 Å². The van der Waals surface area contributed by atoms with E-state index in [2.05, 4.69) is 0 Å². The molecule has 3 saturated heterocycles. The monoisotopic (exact) mass is 486 g/mol. The summed E-state index contributed by atoms with van der Waals surface area (Å²) in [6, 6.07) is 0. The van der Waals surface area contributed by atoms with Gasteiger partial charge in [0.2, 0.25) is 11.8 Å². The van der Waals surface area contributed by atoms with Crippen LogP contribution < -0.4 is 11.5 Å². The number of carbonyl (C=O) groups excluding carboxylic acids is 2. The van der Waals surface area contributed by atoms with Crippen LogP contribution in [0, 0.1) is 10.8 Å². The largest absolute Gasteiger partial charge is 0.379 e. The van der Waals surface area contributed by atoms with Gasteiger partial charge in [0.25, 0.3) is 0 Å². The molecule has 180 valence electrons. The Morgan fingerprint density at radius 1 is 0.656 bits per heavy atom. The molecule has 3 heterocycles. The molecular weight excluding hydrogens is 448 g/mol. The van der Waals surface area contributed by atoms with Crippen molar-refractivity contribution in [2.24, 2.45) is 11.5 Å². The molecule has 0 saturated carbocycles. The molecule has 0 aromatic rings. The third kappa shape index (κ3) is 6.75. The van der Waals surface area contributed by atoms with Crippen LogP contribution in [0.1, 0.15) is 12.8 Å². The fourth-order valence-electron chi connectivity index (χ4n) is 5.06. The minimum Gasteiger partial charge on any atom is -0.379 e. The van der Waals surface area contributed by atoms with Crippen LogP contribution in [0.25, 0.3) is 0 Å². The van der Waals surface area contributed by atoms with Crippen molar-refractivity contribution in [1.29, 1.82) is 10.8 Å². The van der Waals surface area contributed by atoms with Crippen molar-refractivity contribution >= 4 is 45.7 Å². The smallest absolute Gasteiger partial charge is 0.223 e. The summed E-state index contributed by atoms with van der Waals surface area (Å²) in [5.41, 5.74) is 10.7. The van der Waals surface area contributed by atoms with Crippen LogP contribution in [-0.4, -0.2) is 131 Å². The Balaban J connectivity index is 1.38. The van der Waals surface area contributed by atoms with E-state index in [4.69, 9.17) is 22.3 Å². The Labute approximate surface area is 199 Å². The third-order valence-electron chi connectivity index (χ3n) is 7.33. The first kappa shape index (κ1) is 25.1. The molecule has 10 nitrogen and oxygen atoms in total. The van der Waals surface area contributed by atoms with Crippen LogP contribution in [0.3, 0.4) is 0 Å². The van der Waals surface area contributed by atoms with Crippen molar-refractivity contribution in [3.63, 3.8) is 0 Å². The number of amidine groups is 2. The van der Waals surface area contributed by atoms with Gasteiger partial charge in [-0.25, -0.2) is 0 Å². The fraction of sp³-hybridized carbons (Fsp3) is 0.800. The molecule has 3 aliphatic rings. The maximum absolute atomic E-state index is 12.4. The van der Waals surface area contributed by atoms with Gasteiger partial charge in [0, 0.05) is 24.3 Å². The molecule has 3 aliphatic heterocycles. The van der Waals surface area contributed by atoms with Gasteiger partial charge in [-0.15, -0.1) is 0 Å². The minimum absolute atomic E-state index is 0.0727. The van der Waals surface area contributed by atoms with Crippen molar-refractivity contribution in [3.8, 4) is 0 Å². The lowest BCUT2D eigenvalue weighted by atomic mass is 10.1. The Bertz CT molecular complexity index is 646. The van der Waals surface area contributed by atoms with E-state index in [9.17, 15) is 9.59 Å². The molecule has 2 amide bonds. The second kappa shape index (κ2) is 11.1. The summed E-state index contributed by atoms with van der Waals surface area (Å²) in [5.74, 6) is 1.53. The average Bonchev–Trinajstić information content (AvgIpc) is 2.76. The SMILES string of the molecule is N=C(N)SCCC(=O)N1CC[N+]2(CC1)CC[N+]1(CCN(C(=O)CCSC(=N)N)CC1)CC2. The Morgan fingerprint density at radius 3 is 1.25 bits per heavy atom. The molecule has 0 aromatic heterocycles. The highest BCUT2D eigenvalue weighted by Crippen LogP contribution is 2.24. The van der Waals surface area contributed by atoms with E-state index >= 15 is 0 Å². The number of hydrogen-bond donors (Lipinski definition) is 4. The molecule has 0 atom stereocenters. The number of carbonyl (C=O) groups is 2. The van der Waals surface area contributed by atoms with E-state index in [1.807, 2.05) is 9.80 Å². The maximum Gasteiger partial charge on any atom is 0.223 e. The lowest BCUT2D eigenvalue weighted by Crippen LogP contribution is -2.73. The first-order chi connectivity index (χ1) is 15.2. The summed E-state index contributed by atoms with van der Waals surface area (Å²) < 4.78 is 2.24. The molecule has 12 heteroatoms. The predicted molar refractivity (Wildman–Crippen MR) is 131 cm³/mol. The molecule has 6 N–H and O–H groups in total. The van der Waals surface area contributed by atoms with Crippen LogP contribution in [-0.2, 0) is 9.59 Å². The lowest BCUT2D eigenvalue weighted by Gasteiger charge is -2.54. The van der Waals surface area contributed by atoms with Crippen molar-refractivity contribution in [2.45, 2.75) is 12.8 Å². The Morgan fingerprint density at radius 2 is 0.969 bits per heavy atom. The van der Waals surface area contributed by atoms with E-state index in [0.29, 0.717) is 24.3 Å². The number of hydrogen-bond acceptors (Lipinski definition) is 6. The number of thioether (sulfide) groups is 2. The third-order valence-corrected chi connectivity index (χ3v) is 8.77. The molecule has 0 radical (unpaired) electrons. The predicted octanol–water partition coefficient (Wildman–Crippen LogP) is -0.648. The minimum atomic E-state index is 0.0727. The summed E-state index contributed by atoms with van der Waals surface area (Å²) in [7, 11) is 0. The topological polar surface area (TPSA) is 140 Å². The highest BCUT2D eigenvalue weighted by atomic mass is 32.2. The molecule has 3 fully saturated rings. The van der Waals surface area contributed by atoms with Gasteiger partial charge in [-0.3, -0.25) is 20.4 Å². The summed E-state index contributed by atoms with van der Waals surface area (Å²) in [4.78, 5) is 28.8. The molecule has 32 heavy (non-hydrogen) atoms. The van der Waals surface area contributed by atoms with Gasteiger partial charge in [-0.05, 0) is 0 Å². The number of piperazine rings is 3. The van der Waals surface area contributed by atoms with Gasteiger partial charge in [-0.1, -0.05) is 23.5 Å². The van der Waals surface area contributed by atoms with Crippen molar-refractivity contribution < 1.29 is 18.6 Å². The summed E-state index contributed by atoms with van der Waals surface area (Å²) >= 11 is 2.47. The van der Waals surface area contributed by atoms with Crippen LogP contribution in [0.4, 0.5) is 0 Å². The molecule has 0 unspecified atom stereocenters. The number of nitrogens with one attached hydrogen (secondary N) is 2. The van der Waals surface area contributed by atoms with E-state index in [1.54, 1.807) is 0 Å². The second-order valence-corrected chi connectivity index (χ2v) is 11.4. The number of nitrogens with zero attached hydrogens (tertiary/aromatic N) is 4. The number of quaternary nitrogens is 2. The van der Waals surface area contributed by atoms with Gasteiger partial charge in [0.1, 0.15) is 26.2 Å². The lowest BCUT2D eigenvalue weighted by molar-refractivity contribution is -1.03. The van der Waals surface area contributed by atoms with Crippen molar-refractivity contribution in [3.05, 3.63) is 0 Å². The van der Waals surface area contributed by atoms with Gasteiger partial charge >= 0.3 is 0 Å². The molecule has 0 aliphatic carbocycles. The zero-order valence-electron chi connectivity index (χ0n) is 18.9.